The lowest BCUT2D eigenvalue weighted by atomic mass is 9.90. The average Bonchev–Trinajstić information content (AvgIpc) is 3.23. The predicted octanol–water partition coefficient (Wildman–Crippen LogP) is 2.90. The number of amides is 1. The summed E-state index contributed by atoms with van der Waals surface area (Å²) in [4.78, 5) is 12.6. The summed E-state index contributed by atoms with van der Waals surface area (Å²) < 4.78 is 1.01. The summed E-state index contributed by atoms with van der Waals surface area (Å²) in [6.07, 6.45) is 5.26. The number of nitrogens with one attached hydrogen (secondary N) is 1. The Balaban J connectivity index is 1.73. The molecule has 0 heterocycles. The zero-order valence-corrected chi connectivity index (χ0v) is 13.0. The van der Waals surface area contributed by atoms with E-state index in [1.165, 1.54) is 0 Å². The second-order valence-corrected chi connectivity index (χ2v) is 6.94. The van der Waals surface area contributed by atoms with Crippen molar-refractivity contribution in [2.75, 3.05) is 0 Å². The molecular weight excluding hydrogens is 318 g/mol. The minimum atomic E-state index is -0.383. The summed E-state index contributed by atoms with van der Waals surface area (Å²) in [7, 11) is 0. The Morgan fingerprint density at radius 3 is 2.70 bits per heavy atom. The van der Waals surface area contributed by atoms with Gasteiger partial charge in [0.25, 0.3) is 0 Å². The topological polar surface area (TPSA) is 49.3 Å². The fraction of sp³-hybridized carbons (Fsp3) is 0.562. The van der Waals surface area contributed by atoms with Crippen LogP contribution in [0.4, 0.5) is 0 Å². The lowest BCUT2D eigenvalue weighted by Gasteiger charge is -2.30. The fourth-order valence-electron chi connectivity index (χ4n) is 3.14. The molecule has 0 saturated heterocycles. The van der Waals surface area contributed by atoms with Crippen LogP contribution in [0, 0.1) is 0 Å². The van der Waals surface area contributed by atoms with E-state index in [0.29, 0.717) is 0 Å². The SMILES string of the molecule is O=C(NC1CCCCC1O)C1(c2cccc(Br)c2)CC1. The van der Waals surface area contributed by atoms with Gasteiger partial charge >= 0.3 is 0 Å². The normalized spacial score (nSPS) is 27.9. The maximum atomic E-state index is 12.6. The fourth-order valence-corrected chi connectivity index (χ4v) is 3.54. The third-order valence-electron chi connectivity index (χ3n) is 4.61. The summed E-state index contributed by atoms with van der Waals surface area (Å²) >= 11 is 3.47. The Morgan fingerprint density at radius 1 is 1.30 bits per heavy atom. The van der Waals surface area contributed by atoms with Gasteiger partial charge in [-0.15, -0.1) is 0 Å². The molecule has 1 aromatic rings. The number of hydrogen-bond donors (Lipinski definition) is 2. The van der Waals surface area contributed by atoms with Crippen molar-refractivity contribution in [2.24, 2.45) is 0 Å². The molecule has 2 N–H and O–H groups in total. The molecule has 2 atom stereocenters. The first-order valence-electron chi connectivity index (χ1n) is 7.37. The van der Waals surface area contributed by atoms with Gasteiger partial charge in [0.15, 0.2) is 0 Å². The highest BCUT2D eigenvalue weighted by Gasteiger charge is 2.51. The van der Waals surface area contributed by atoms with E-state index in [4.69, 9.17) is 0 Å². The van der Waals surface area contributed by atoms with E-state index in [1.807, 2.05) is 24.3 Å². The van der Waals surface area contributed by atoms with E-state index in [2.05, 4.69) is 21.2 Å². The number of benzene rings is 1. The van der Waals surface area contributed by atoms with Crippen molar-refractivity contribution in [3.63, 3.8) is 0 Å². The largest absolute Gasteiger partial charge is 0.391 e. The number of rotatable bonds is 3. The number of aliphatic hydroxyl groups excluding tert-OH is 1. The second kappa shape index (κ2) is 5.49. The maximum Gasteiger partial charge on any atom is 0.230 e. The zero-order valence-electron chi connectivity index (χ0n) is 11.4. The van der Waals surface area contributed by atoms with E-state index < -0.39 is 0 Å². The van der Waals surface area contributed by atoms with Crippen LogP contribution >= 0.6 is 15.9 Å². The van der Waals surface area contributed by atoms with Crippen LogP contribution in [-0.2, 0) is 10.2 Å². The van der Waals surface area contributed by atoms with E-state index in [-0.39, 0.29) is 23.5 Å². The van der Waals surface area contributed by atoms with E-state index in [1.54, 1.807) is 0 Å². The first kappa shape index (κ1) is 14.1. The van der Waals surface area contributed by atoms with Gasteiger partial charge in [0.05, 0.1) is 17.6 Å². The number of carbonyl (C=O) groups is 1. The van der Waals surface area contributed by atoms with Crippen molar-refractivity contribution < 1.29 is 9.90 Å². The standard InChI is InChI=1S/C16H20BrNO2/c17-12-5-3-4-11(10-12)16(8-9-16)15(20)18-13-6-1-2-7-14(13)19/h3-5,10,13-14,19H,1-2,6-9H2,(H,18,20). The minimum absolute atomic E-state index is 0.0686. The molecule has 2 unspecified atom stereocenters. The van der Waals surface area contributed by atoms with Crippen LogP contribution < -0.4 is 5.32 Å². The summed E-state index contributed by atoms with van der Waals surface area (Å²) in [6.45, 7) is 0. The minimum Gasteiger partial charge on any atom is -0.391 e. The molecule has 2 saturated carbocycles. The summed E-state index contributed by atoms with van der Waals surface area (Å²) in [5, 5.41) is 13.1. The van der Waals surface area contributed by atoms with Gasteiger partial charge in [0.1, 0.15) is 0 Å². The van der Waals surface area contributed by atoms with Crippen LogP contribution in [-0.4, -0.2) is 23.2 Å². The van der Waals surface area contributed by atoms with Crippen molar-refractivity contribution in [2.45, 2.75) is 56.1 Å². The van der Waals surface area contributed by atoms with Gasteiger partial charge in [-0.25, -0.2) is 0 Å². The molecule has 0 bridgehead atoms. The highest BCUT2D eigenvalue weighted by molar-refractivity contribution is 9.10. The average molecular weight is 338 g/mol. The Labute approximate surface area is 127 Å². The molecule has 0 radical (unpaired) electrons. The highest BCUT2D eigenvalue weighted by Crippen LogP contribution is 2.49. The smallest absolute Gasteiger partial charge is 0.230 e. The first-order valence-corrected chi connectivity index (χ1v) is 8.16. The molecule has 108 valence electrons. The molecular formula is C16H20BrNO2. The highest BCUT2D eigenvalue weighted by atomic mass is 79.9. The van der Waals surface area contributed by atoms with Gasteiger partial charge < -0.3 is 10.4 Å². The van der Waals surface area contributed by atoms with Gasteiger partial charge in [-0.2, -0.15) is 0 Å². The van der Waals surface area contributed by atoms with Crippen molar-refractivity contribution in [3.8, 4) is 0 Å². The second-order valence-electron chi connectivity index (χ2n) is 6.02. The molecule has 0 aliphatic heterocycles. The van der Waals surface area contributed by atoms with Crippen LogP contribution in [0.1, 0.15) is 44.1 Å². The lowest BCUT2D eigenvalue weighted by Crippen LogP contribution is -2.48. The van der Waals surface area contributed by atoms with Crippen LogP contribution in [0.2, 0.25) is 0 Å². The molecule has 2 aliphatic carbocycles. The molecule has 2 aliphatic rings. The van der Waals surface area contributed by atoms with Gasteiger partial charge in [-0.1, -0.05) is 40.9 Å². The van der Waals surface area contributed by atoms with Crippen LogP contribution in [0.15, 0.2) is 28.7 Å². The number of aliphatic hydroxyl groups is 1. The Morgan fingerprint density at radius 2 is 2.05 bits per heavy atom. The van der Waals surface area contributed by atoms with Crippen LogP contribution in [0.3, 0.4) is 0 Å². The third-order valence-corrected chi connectivity index (χ3v) is 5.10. The molecule has 1 aromatic carbocycles. The van der Waals surface area contributed by atoms with E-state index >= 15 is 0 Å². The molecule has 2 fully saturated rings. The predicted molar refractivity (Wildman–Crippen MR) is 81.5 cm³/mol. The van der Waals surface area contributed by atoms with Crippen molar-refractivity contribution in [3.05, 3.63) is 34.3 Å². The third kappa shape index (κ3) is 2.63. The first-order chi connectivity index (χ1) is 9.62. The number of halogens is 1. The Hall–Kier alpha value is -0.870. The van der Waals surface area contributed by atoms with Gasteiger partial charge in [-0.3, -0.25) is 4.79 Å². The molecule has 1 amide bonds. The van der Waals surface area contributed by atoms with Crippen molar-refractivity contribution in [1.29, 1.82) is 0 Å². The Kier molecular flexibility index (Phi) is 3.87. The van der Waals surface area contributed by atoms with Gasteiger partial charge in [-0.05, 0) is 43.4 Å². The molecule has 0 spiro atoms. The van der Waals surface area contributed by atoms with Crippen molar-refractivity contribution in [1.82, 2.24) is 5.32 Å². The lowest BCUT2D eigenvalue weighted by molar-refractivity contribution is -0.125. The molecule has 4 heteroatoms. The van der Waals surface area contributed by atoms with Gasteiger partial charge in [0.2, 0.25) is 5.91 Å². The molecule has 0 aromatic heterocycles. The van der Waals surface area contributed by atoms with Gasteiger partial charge in [0, 0.05) is 4.47 Å². The van der Waals surface area contributed by atoms with Crippen molar-refractivity contribution >= 4 is 21.8 Å². The van der Waals surface area contributed by atoms with Crippen LogP contribution in [0.5, 0.6) is 0 Å². The number of carbonyl (C=O) groups excluding carboxylic acids is 1. The monoisotopic (exact) mass is 337 g/mol. The summed E-state index contributed by atoms with van der Waals surface area (Å²) in [5.41, 5.74) is 0.718. The van der Waals surface area contributed by atoms with E-state index in [0.717, 1.165) is 48.6 Å². The quantitative estimate of drug-likeness (QED) is 0.890. The summed E-state index contributed by atoms with van der Waals surface area (Å²) in [6, 6.07) is 7.93. The molecule has 3 nitrogen and oxygen atoms in total. The zero-order chi connectivity index (χ0) is 14.2. The molecule has 3 rings (SSSR count). The summed E-state index contributed by atoms with van der Waals surface area (Å²) in [5.74, 6) is 0.0848. The maximum absolute atomic E-state index is 12.6. The number of hydrogen-bond acceptors (Lipinski definition) is 2. The Bertz CT molecular complexity index is 513. The van der Waals surface area contributed by atoms with E-state index in [9.17, 15) is 9.90 Å². The molecule has 20 heavy (non-hydrogen) atoms. The van der Waals surface area contributed by atoms with Crippen LogP contribution in [0.25, 0.3) is 0 Å².